The van der Waals surface area contributed by atoms with Crippen LogP contribution in [0.1, 0.15) is 0 Å². The van der Waals surface area contributed by atoms with Crippen LogP contribution in [-0.2, 0) is 9.59 Å². The van der Waals surface area contributed by atoms with Crippen LogP contribution >= 0.6 is 0 Å². The third-order valence-corrected chi connectivity index (χ3v) is 1.49. The molecule has 6 amide bonds. The summed E-state index contributed by atoms with van der Waals surface area (Å²) in [5.74, 6) is -2.69. The molecule has 6 N–H and O–H groups in total. The molecule has 12 heteroatoms. The second-order valence-corrected chi connectivity index (χ2v) is 3.90. The predicted octanol–water partition coefficient (Wildman–Crippen LogP) is -3.32. The number of carbonyl (C=O) groups excluding carboxylic acids is 4. The summed E-state index contributed by atoms with van der Waals surface area (Å²) in [5, 5.41) is 2.82. The van der Waals surface area contributed by atoms with Crippen LogP contribution in [0.5, 0.6) is 0 Å². The van der Waals surface area contributed by atoms with Gasteiger partial charge in [-0.05, 0) is 0 Å². The molecule has 0 atom stereocenters. The second-order valence-electron chi connectivity index (χ2n) is 3.90. The van der Waals surface area contributed by atoms with E-state index < -0.39 is 23.9 Å². The smallest absolute Gasteiger partial charge is 0.349 e. The average Bonchev–Trinajstić information content (AvgIpc) is 2.24. The van der Waals surface area contributed by atoms with Crippen LogP contribution in [0.25, 0.3) is 0 Å². The van der Waals surface area contributed by atoms with Gasteiger partial charge in [-0.2, -0.15) is 0 Å². The number of rotatable bonds is 2. The number of carbonyl (C=O) groups is 4. The fraction of sp³-hybridized carbons (Fsp3) is 0.500. The molecule has 0 saturated carbocycles. The first kappa shape index (κ1) is 17.4. The summed E-state index contributed by atoms with van der Waals surface area (Å²) in [6.07, 6.45) is 0. The molecule has 0 bridgehead atoms. The number of hydrogen-bond acceptors (Lipinski definition) is 6. The lowest BCUT2D eigenvalue weighted by molar-refractivity contribution is -0.147. The number of nitrogens with two attached hydrogens (primary N) is 1. The summed E-state index contributed by atoms with van der Waals surface area (Å²) in [6, 6.07) is -1.73. The van der Waals surface area contributed by atoms with Crippen molar-refractivity contribution in [1.29, 1.82) is 0 Å². The Morgan fingerprint density at radius 2 is 1.10 bits per heavy atom. The van der Waals surface area contributed by atoms with Crippen molar-refractivity contribution < 1.29 is 19.2 Å². The Balaban J connectivity index is 4.74. The molecule has 12 nitrogen and oxygen atoms in total. The molecule has 0 aromatic rings. The fourth-order valence-corrected chi connectivity index (χ4v) is 0.899. The van der Waals surface area contributed by atoms with Crippen molar-refractivity contribution in [3.05, 3.63) is 0 Å². The normalized spacial score (nSPS) is 9.90. The van der Waals surface area contributed by atoms with Gasteiger partial charge in [0.05, 0.1) is 0 Å². The van der Waals surface area contributed by atoms with Crippen molar-refractivity contribution in [1.82, 2.24) is 36.8 Å². The minimum absolute atomic E-state index is 0.264. The molecular formula is C8H18N8O4. The molecule has 0 aromatic heterocycles. The van der Waals surface area contributed by atoms with E-state index in [1.807, 2.05) is 10.9 Å². The van der Waals surface area contributed by atoms with Gasteiger partial charge in [0.25, 0.3) is 0 Å². The monoisotopic (exact) mass is 290 g/mol. The summed E-state index contributed by atoms with van der Waals surface area (Å²) in [4.78, 5) is 45.0. The molecule has 0 saturated heterocycles. The van der Waals surface area contributed by atoms with Gasteiger partial charge in [-0.3, -0.25) is 20.4 Å². The zero-order valence-corrected chi connectivity index (χ0v) is 11.6. The van der Waals surface area contributed by atoms with E-state index in [0.29, 0.717) is 0 Å². The maximum atomic E-state index is 11.4. The largest absolute Gasteiger partial charge is 0.361 e. The Bertz CT molecular complexity index is 372. The highest BCUT2D eigenvalue weighted by atomic mass is 16.2. The van der Waals surface area contributed by atoms with Crippen molar-refractivity contribution in [3.8, 4) is 0 Å². The van der Waals surface area contributed by atoms with Crippen LogP contribution in [0.2, 0.25) is 0 Å². The number of hydrogen-bond donors (Lipinski definition) is 5. The van der Waals surface area contributed by atoms with Crippen LogP contribution < -0.4 is 27.4 Å². The van der Waals surface area contributed by atoms with Crippen molar-refractivity contribution in [2.45, 2.75) is 0 Å². The number of hydrazine groups is 4. The van der Waals surface area contributed by atoms with E-state index in [1.165, 1.54) is 38.2 Å². The molecule has 0 fully saturated rings. The van der Waals surface area contributed by atoms with E-state index >= 15 is 0 Å². The first-order valence-corrected chi connectivity index (χ1v) is 5.26. The molecule has 114 valence electrons. The van der Waals surface area contributed by atoms with E-state index in [-0.39, 0.29) is 5.12 Å². The standard InChI is InChI=1S/C8H18N8O4/c1-14(2)10-7(19)12-16(6(18)5(9)17)13-8(20)11-15(3)4/h1-4H3,(H2,9,17)(H2,10,12,19)(H2,11,13,20). The van der Waals surface area contributed by atoms with Crippen LogP contribution in [0, 0.1) is 0 Å². The number of primary amides is 1. The molecule has 20 heavy (non-hydrogen) atoms. The van der Waals surface area contributed by atoms with Crippen molar-refractivity contribution >= 4 is 23.9 Å². The molecule has 0 rings (SSSR count). The molecule has 0 radical (unpaired) electrons. The van der Waals surface area contributed by atoms with Crippen molar-refractivity contribution in [2.75, 3.05) is 28.2 Å². The van der Waals surface area contributed by atoms with Gasteiger partial charge >= 0.3 is 23.9 Å². The SMILES string of the molecule is CN(C)NC(=O)NN(NC(=O)NN(C)C)C(=O)C(N)=O. The lowest BCUT2D eigenvalue weighted by Crippen LogP contribution is -2.63. The van der Waals surface area contributed by atoms with Gasteiger partial charge in [0.15, 0.2) is 0 Å². The topological polar surface area (TPSA) is 152 Å². The van der Waals surface area contributed by atoms with Crippen molar-refractivity contribution in [3.63, 3.8) is 0 Å². The van der Waals surface area contributed by atoms with E-state index in [0.717, 1.165) is 0 Å². The van der Waals surface area contributed by atoms with Gasteiger partial charge in [0.1, 0.15) is 0 Å². The van der Waals surface area contributed by atoms with E-state index in [9.17, 15) is 19.2 Å². The molecule has 0 aliphatic carbocycles. The highest BCUT2D eigenvalue weighted by Gasteiger charge is 2.23. The Morgan fingerprint density at radius 3 is 1.35 bits per heavy atom. The van der Waals surface area contributed by atoms with Gasteiger partial charge < -0.3 is 5.73 Å². The minimum Gasteiger partial charge on any atom is -0.361 e. The lowest BCUT2D eigenvalue weighted by atomic mass is 10.6. The van der Waals surface area contributed by atoms with Crippen LogP contribution in [0.3, 0.4) is 0 Å². The highest BCUT2D eigenvalue weighted by Crippen LogP contribution is 1.82. The molecule has 0 heterocycles. The Morgan fingerprint density at radius 1 is 0.750 bits per heavy atom. The van der Waals surface area contributed by atoms with E-state index in [4.69, 9.17) is 5.73 Å². The van der Waals surface area contributed by atoms with Crippen LogP contribution in [0.15, 0.2) is 0 Å². The Kier molecular flexibility index (Phi) is 6.74. The third-order valence-electron chi connectivity index (χ3n) is 1.49. The summed E-state index contributed by atoms with van der Waals surface area (Å²) in [7, 11) is 6.08. The number of nitrogens with zero attached hydrogens (tertiary/aromatic N) is 3. The summed E-state index contributed by atoms with van der Waals surface area (Å²) >= 11 is 0. The number of nitrogens with one attached hydrogen (secondary N) is 4. The molecule has 0 aliphatic heterocycles. The average molecular weight is 290 g/mol. The highest BCUT2D eigenvalue weighted by molar-refractivity contribution is 6.34. The zero-order valence-electron chi connectivity index (χ0n) is 11.6. The number of amides is 6. The molecule has 0 aromatic carbocycles. The maximum Gasteiger partial charge on any atom is 0.349 e. The molecule has 0 unspecified atom stereocenters. The molecular weight excluding hydrogens is 272 g/mol. The van der Waals surface area contributed by atoms with E-state index in [2.05, 4.69) is 10.9 Å². The summed E-state index contributed by atoms with van der Waals surface area (Å²) < 4.78 is 0. The van der Waals surface area contributed by atoms with Gasteiger partial charge in [0, 0.05) is 28.2 Å². The van der Waals surface area contributed by atoms with Gasteiger partial charge in [-0.15, -0.1) is 5.12 Å². The summed E-state index contributed by atoms with van der Waals surface area (Å²) in [5.41, 5.74) is 13.1. The van der Waals surface area contributed by atoms with Crippen molar-refractivity contribution in [2.24, 2.45) is 5.73 Å². The lowest BCUT2D eigenvalue weighted by Gasteiger charge is -2.24. The molecule has 0 aliphatic rings. The predicted molar refractivity (Wildman–Crippen MR) is 66.7 cm³/mol. The number of urea groups is 2. The zero-order chi connectivity index (χ0) is 15.9. The summed E-state index contributed by atoms with van der Waals surface area (Å²) in [6.45, 7) is 0. The molecule has 0 spiro atoms. The first-order valence-electron chi connectivity index (χ1n) is 5.26. The van der Waals surface area contributed by atoms with E-state index in [1.54, 1.807) is 0 Å². The Labute approximate surface area is 115 Å². The van der Waals surface area contributed by atoms with Crippen LogP contribution in [-0.4, -0.2) is 67.2 Å². The quantitative estimate of drug-likeness (QED) is 0.265. The minimum atomic E-state index is -1.36. The van der Waals surface area contributed by atoms with Gasteiger partial charge in [0.2, 0.25) is 0 Å². The third kappa shape index (κ3) is 6.97. The van der Waals surface area contributed by atoms with Crippen LogP contribution in [0.4, 0.5) is 9.59 Å². The van der Waals surface area contributed by atoms with Gasteiger partial charge in [-0.25, -0.2) is 30.5 Å². The Hall–Kier alpha value is -2.60. The first-order chi connectivity index (χ1) is 9.13. The maximum absolute atomic E-state index is 11.4. The fourth-order valence-electron chi connectivity index (χ4n) is 0.899. The second kappa shape index (κ2) is 7.75. The van der Waals surface area contributed by atoms with Gasteiger partial charge in [-0.1, -0.05) is 0 Å².